The normalized spacial score (nSPS) is 29.5. The number of carbonyl (C=O) groups is 1. The Bertz CT molecular complexity index is 189. The maximum absolute atomic E-state index is 11.7. The first-order chi connectivity index (χ1) is 6.02. The van der Waals surface area contributed by atoms with Gasteiger partial charge in [-0.3, -0.25) is 4.79 Å². The number of hydrogen-bond acceptors (Lipinski definition) is 1. The average molecular weight is 183 g/mol. The third kappa shape index (κ3) is 2.45. The first-order valence-corrected chi connectivity index (χ1v) is 5.31. The predicted molar refractivity (Wildman–Crippen MR) is 54.4 cm³/mol. The molecule has 1 aliphatic heterocycles. The minimum absolute atomic E-state index is 0.153. The molecule has 1 heterocycles. The summed E-state index contributed by atoms with van der Waals surface area (Å²) in [4.78, 5) is 13.7. The molecule has 13 heavy (non-hydrogen) atoms. The lowest BCUT2D eigenvalue weighted by Gasteiger charge is -2.36. The highest BCUT2D eigenvalue weighted by Gasteiger charge is 2.26. The molecule has 1 saturated heterocycles. The minimum Gasteiger partial charge on any atom is -0.342 e. The Morgan fingerprint density at radius 2 is 1.92 bits per heavy atom. The van der Waals surface area contributed by atoms with E-state index in [1.54, 1.807) is 0 Å². The second-order valence-corrected chi connectivity index (χ2v) is 4.68. The summed E-state index contributed by atoms with van der Waals surface area (Å²) in [5.74, 6) is 1.91. The van der Waals surface area contributed by atoms with Gasteiger partial charge in [0.2, 0.25) is 5.91 Å². The van der Waals surface area contributed by atoms with Crippen LogP contribution in [-0.4, -0.2) is 23.9 Å². The van der Waals surface area contributed by atoms with Crippen LogP contribution in [0.2, 0.25) is 0 Å². The predicted octanol–water partition coefficient (Wildman–Crippen LogP) is 2.15. The lowest BCUT2D eigenvalue weighted by Crippen LogP contribution is -2.43. The molecule has 1 rings (SSSR count). The van der Waals surface area contributed by atoms with Gasteiger partial charge in [0.1, 0.15) is 0 Å². The van der Waals surface area contributed by atoms with E-state index in [0.29, 0.717) is 11.8 Å². The smallest absolute Gasteiger partial charge is 0.225 e. The van der Waals surface area contributed by atoms with Crippen molar-refractivity contribution in [3.63, 3.8) is 0 Å². The van der Waals surface area contributed by atoms with E-state index in [-0.39, 0.29) is 5.92 Å². The van der Waals surface area contributed by atoms with E-state index in [9.17, 15) is 4.79 Å². The molecule has 0 aliphatic carbocycles. The molecule has 0 bridgehead atoms. The van der Waals surface area contributed by atoms with Gasteiger partial charge in [0.25, 0.3) is 0 Å². The number of nitrogens with zero attached hydrogens (tertiary/aromatic N) is 1. The van der Waals surface area contributed by atoms with E-state index in [4.69, 9.17) is 0 Å². The monoisotopic (exact) mass is 183 g/mol. The summed E-state index contributed by atoms with van der Waals surface area (Å²) in [7, 11) is 0. The second kappa shape index (κ2) is 4.12. The first kappa shape index (κ1) is 10.6. The zero-order valence-corrected chi connectivity index (χ0v) is 9.21. The van der Waals surface area contributed by atoms with Crippen LogP contribution in [0.15, 0.2) is 0 Å². The highest BCUT2D eigenvalue weighted by Crippen LogP contribution is 2.23. The average Bonchev–Trinajstić information content (AvgIpc) is 2.08. The number of rotatable bonds is 1. The number of piperidine rings is 1. The Morgan fingerprint density at radius 1 is 1.31 bits per heavy atom. The SMILES string of the molecule is CC(C)C(=O)N1CCC(C)C(C)C1. The molecule has 76 valence electrons. The van der Waals surface area contributed by atoms with Crippen molar-refractivity contribution in [2.45, 2.75) is 34.1 Å². The highest BCUT2D eigenvalue weighted by atomic mass is 16.2. The Kier molecular flexibility index (Phi) is 3.34. The van der Waals surface area contributed by atoms with Gasteiger partial charge >= 0.3 is 0 Å². The summed E-state index contributed by atoms with van der Waals surface area (Å²) in [5.41, 5.74) is 0. The molecule has 0 aromatic carbocycles. The summed E-state index contributed by atoms with van der Waals surface area (Å²) in [6.45, 7) is 10.4. The van der Waals surface area contributed by atoms with Crippen LogP contribution in [0.3, 0.4) is 0 Å². The molecule has 2 atom stereocenters. The van der Waals surface area contributed by atoms with Gasteiger partial charge < -0.3 is 4.90 Å². The standard InChI is InChI=1S/C11H21NO/c1-8(2)11(13)12-6-5-9(3)10(4)7-12/h8-10H,5-7H2,1-4H3. The fraction of sp³-hybridized carbons (Fsp3) is 0.909. The topological polar surface area (TPSA) is 20.3 Å². The summed E-state index contributed by atoms with van der Waals surface area (Å²) in [5, 5.41) is 0. The maximum atomic E-state index is 11.7. The van der Waals surface area contributed by atoms with Gasteiger partial charge in [-0.05, 0) is 18.3 Å². The van der Waals surface area contributed by atoms with Crippen LogP contribution < -0.4 is 0 Å². The largest absolute Gasteiger partial charge is 0.342 e. The van der Waals surface area contributed by atoms with Crippen molar-refractivity contribution >= 4 is 5.91 Å². The maximum Gasteiger partial charge on any atom is 0.225 e. The molecule has 2 unspecified atom stereocenters. The Labute approximate surface area is 81.3 Å². The van der Waals surface area contributed by atoms with Gasteiger partial charge in [-0.2, -0.15) is 0 Å². The van der Waals surface area contributed by atoms with Crippen molar-refractivity contribution in [2.24, 2.45) is 17.8 Å². The molecule has 0 aromatic heterocycles. The Balaban J connectivity index is 2.50. The van der Waals surface area contributed by atoms with Gasteiger partial charge in [0.05, 0.1) is 0 Å². The van der Waals surface area contributed by atoms with E-state index < -0.39 is 0 Å². The molecule has 0 aromatic rings. The zero-order valence-electron chi connectivity index (χ0n) is 9.21. The first-order valence-electron chi connectivity index (χ1n) is 5.31. The zero-order chi connectivity index (χ0) is 10.0. The quantitative estimate of drug-likeness (QED) is 0.610. The number of likely N-dealkylation sites (tertiary alicyclic amines) is 1. The molecule has 0 spiro atoms. The van der Waals surface area contributed by atoms with Crippen LogP contribution in [-0.2, 0) is 4.79 Å². The van der Waals surface area contributed by atoms with Crippen molar-refractivity contribution in [3.05, 3.63) is 0 Å². The summed E-state index contributed by atoms with van der Waals surface area (Å²) in [6, 6.07) is 0. The van der Waals surface area contributed by atoms with Gasteiger partial charge in [0.15, 0.2) is 0 Å². The van der Waals surface area contributed by atoms with E-state index in [1.165, 1.54) is 6.42 Å². The Morgan fingerprint density at radius 3 is 2.38 bits per heavy atom. The van der Waals surface area contributed by atoms with Crippen LogP contribution in [0.5, 0.6) is 0 Å². The molecule has 2 nitrogen and oxygen atoms in total. The van der Waals surface area contributed by atoms with Crippen LogP contribution in [0, 0.1) is 17.8 Å². The van der Waals surface area contributed by atoms with Crippen LogP contribution in [0.4, 0.5) is 0 Å². The molecule has 0 N–H and O–H groups in total. The van der Waals surface area contributed by atoms with E-state index in [0.717, 1.165) is 19.0 Å². The number of amides is 1. The van der Waals surface area contributed by atoms with Crippen LogP contribution in [0.25, 0.3) is 0 Å². The lowest BCUT2D eigenvalue weighted by atomic mass is 9.88. The molecular formula is C11H21NO. The third-order valence-electron chi connectivity index (χ3n) is 3.14. The Hall–Kier alpha value is -0.530. The van der Waals surface area contributed by atoms with Gasteiger partial charge in [-0.1, -0.05) is 27.7 Å². The summed E-state index contributed by atoms with van der Waals surface area (Å²) < 4.78 is 0. The van der Waals surface area contributed by atoms with Gasteiger partial charge in [-0.15, -0.1) is 0 Å². The van der Waals surface area contributed by atoms with Crippen molar-refractivity contribution in [2.75, 3.05) is 13.1 Å². The van der Waals surface area contributed by atoms with E-state index in [2.05, 4.69) is 13.8 Å². The van der Waals surface area contributed by atoms with Crippen molar-refractivity contribution in [3.8, 4) is 0 Å². The highest BCUT2D eigenvalue weighted by molar-refractivity contribution is 5.78. The van der Waals surface area contributed by atoms with Crippen LogP contribution in [0.1, 0.15) is 34.1 Å². The molecule has 1 aliphatic rings. The summed E-state index contributed by atoms with van der Waals surface area (Å²) >= 11 is 0. The molecule has 0 saturated carbocycles. The molecule has 2 heteroatoms. The van der Waals surface area contributed by atoms with E-state index in [1.807, 2.05) is 18.7 Å². The van der Waals surface area contributed by atoms with Crippen molar-refractivity contribution in [1.29, 1.82) is 0 Å². The van der Waals surface area contributed by atoms with Gasteiger partial charge in [-0.25, -0.2) is 0 Å². The van der Waals surface area contributed by atoms with Gasteiger partial charge in [0, 0.05) is 19.0 Å². The lowest BCUT2D eigenvalue weighted by molar-refractivity contribution is -0.136. The van der Waals surface area contributed by atoms with Crippen molar-refractivity contribution in [1.82, 2.24) is 4.90 Å². The second-order valence-electron chi connectivity index (χ2n) is 4.68. The fourth-order valence-corrected chi connectivity index (χ4v) is 1.83. The minimum atomic E-state index is 0.153. The number of carbonyl (C=O) groups excluding carboxylic acids is 1. The van der Waals surface area contributed by atoms with Crippen molar-refractivity contribution < 1.29 is 4.79 Å². The van der Waals surface area contributed by atoms with Crippen LogP contribution >= 0.6 is 0 Å². The van der Waals surface area contributed by atoms with E-state index >= 15 is 0 Å². The molecule has 0 radical (unpaired) electrons. The third-order valence-corrected chi connectivity index (χ3v) is 3.14. The summed E-state index contributed by atoms with van der Waals surface area (Å²) in [6.07, 6.45) is 1.17. The molecule has 1 fully saturated rings. The number of hydrogen-bond donors (Lipinski definition) is 0. The fourth-order valence-electron chi connectivity index (χ4n) is 1.83. The molecule has 1 amide bonds. The molecular weight excluding hydrogens is 162 g/mol.